The van der Waals surface area contributed by atoms with Crippen LogP contribution in [0.4, 0.5) is 4.79 Å². The van der Waals surface area contributed by atoms with Gasteiger partial charge in [0.25, 0.3) is 0 Å². The van der Waals surface area contributed by atoms with Gasteiger partial charge in [0.05, 0.1) is 6.54 Å². The first-order valence-electron chi connectivity index (χ1n) is 8.07. The van der Waals surface area contributed by atoms with Gasteiger partial charge in [0.2, 0.25) is 5.91 Å². The van der Waals surface area contributed by atoms with Gasteiger partial charge in [0.15, 0.2) is 0 Å². The van der Waals surface area contributed by atoms with Crippen molar-refractivity contribution in [2.45, 2.75) is 58.5 Å². The molecule has 3 amide bonds. The molecule has 6 heteroatoms. The van der Waals surface area contributed by atoms with Crippen LogP contribution in [0, 0.1) is 0 Å². The summed E-state index contributed by atoms with van der Waals surface area (Å²) in [5.41, 5.74) is 0. The smallest absolute Gasteiger partial charge is 0.321 e. The topological polar surface area (TPSA) is 73.5 Å². The fourth-order valence-corrected chi connectivity index (χ4v) is 2.51. The van der Waals surface area contributed by atoms with E-state index in [1.807, 2.05) is 13.8 Å². The Balaban J connectivity index is 2.38. The van der Waals surface area contributed by atoms with Crippen molar-refractivity contribution in [2.24, 2.45) is 0 Å². The molecule has 1 rings (SSSR count). The molecule has 0 aromatic rings. The first kappa shape index (κ1) is 17.9. The molecule has 1 atom stereocenters. The maximum Gasteiger partial charge on any atom is 0.321 e. The van der Waals surface area contributed by atoms with Crippen LogP contribution in [0.25, 0.3) is 0 Å². The molecule has 21 heavy (non-hydrogen) atoms. The van der Waals surface area contributed by atoms with E-state index in [-0.39, 0.29) is 18.5 Å². The van der Waals surface area contributed by atoms with Crippen LogP contribution >= 0.6 is 0 Å². The van der Waals surface area contributed by atoms with Gasteiger partial charge in [-0.15, -0.1) is 0 Å². The molecular weight excluding hydrogens is 268 g/mol. The van der Waals surface area contributed by atoms with Crippen molar-refractivity contribution in [1.82, 2.24) is 20.9 Å². The quantitative estimate of drug-likeness (QED) is 0.627. The van der Waals surface area contributed by atoms with Crippen LogP contribution in [0.1, 0.15) is 46.5 Å². The minimum Gasteiger partial charge on any atom is -0.336 e. The summed E-state index contributed by atoms with van der Waals surface area (Å²) in [6.45, 7) is 8.99. The molecule has 1 aliphatic heterocycles. The van der Waals surface area contributed by atoms with Crippen molar-refractivity contribution >= 4 is 11.9 Å². The molecule has 1 fully saturated rings. The number of hydrogen-bond acceptors (Lipinski definition) is 4. The molecular formula is C15H30N4O2. The van der Waals surface area contributed by atoms with Crippen LogP contribution in [0.2, 0.25) is 0 Å². The lowest BCUT2D eigenvalue weighted by atomic mass is 10.2. The van der Waals surface area contributed by atoms with Crippen molar-refractivity contribution in [3.8, 4) is 0 Å². The van der Waals surface area contributed by atoms with Crippen molar-refractivity contribution in [2.75, 3.05) is 26.2 Å². The fraction of sp³-hybridized carbons (Fsp3) is 0.867. The monoisotopic (exact) mass is 298 g/mol. The third kappa shape index (κ3) is 8.02. The predicted octanol–water partition coefficient (Wildman–Crippen LogP) is 1.07. The third-order valence-corrected chi connectivity index (χ3v) is 3.51. The van der Waals surface area contributed by atoms with Crippen LogP contribution < -0.4 is 16.0 Å². The Morgan fingerprint density at radius 2 is 2.14 bits per heavy atom. The van der Waals surface area contributed by atoms with E-state index in [0.29, 0.717) is 6.04 Å². The number of nitrogens with zero attached hydrogens (tertiary/aromatic N) is 1. The predicted molar refractivity (Wildman–Crippen MR) is 84.2 cm³/mol. The van der Waals surface area contributed by atoms with E-state index in [1.165, 1.54) is 6.42 Å². The Morgan fingerprint density at radius 1 is 1.38 bits per heavy atom. The number of carbonyl (C=O) groups is 2. The normalized spacial score (nSPS) is 18.2. The first-order valence-corrected chi connectivity index (χ1v) is 8.07. The minimum absolute atomic E-state index is 0.0247. The Labute approximate surface area is 128 Å². The Morgan fingerprint density at radius 3 is 2.71 bits per heavy atom. The van der Waals surface area contributed by atoms with E-state index in [9.17, 15) is 9.59 Å². The second kappa shape index (κ2) is 9.73. The van der Waals surface area contributed by atoms with Crippen LogP contribution in [0.3, 0.4) is 0 Å². The van der Waals surface area contributed by atoms with E-state index in [4.69, 9.17) is 0 Å². The highest BCUT2D eigenvalue weighted by Crippen LogP contribution is 2.07. The van der Waals surface area contributed by atoms with Crippen LogP contribution in [-0.4, -0.2) is 55.1 Å². The van der Waals surface area contributed by atoms with E-state index in [1.54, 1.807) is 0 Å². The van der Waals surface area contributed by atoms with Gasteiger partial charge in [-0.05, 0) is 46.2 Å². The summed E-state index contributed by atoms with van der Waals surface area (Å²) in [7, 11) is 0. The van der Waals surface area contributed by atoms with Gasteiger partial charge in [-0.3, -0.25) is 15.0 Å². The minimum atomic E-state index is -0.413. The summed E-state index contributed by atoms with van der Waals surface area (Å²) < 4.78 is 0. The Bertz CT molecular complexity index is 328. The maximum absolute atomic E-state index is 11.9. The summed E-state index contributed by atoms with van der Waals surface area (Å²) in [5, 5.41) is 8.50. The summed E-state index contributed by atoms with van der Waals surface area (Å²) in [6, 6.07) is 0.0836. The lowest BCUT2D eigenvalue weighted by Crippen LogP contribution is -2.48. The lowest BCUT2D eigenvalue weighted by molar-refractivity contribution is -0.121. The molecule has 122 valence electrons. The number of imide groups is 1. The lowest BCUT2D eigenvalue weighted by Gasteiger charge is -2.25. The molecule has 0 saturated carbocycles. The molecule has 1 aliphatic rings. The van der Waals surface area contributed by atoms with E-state index < -0.39 is 6.03 Å². The zero-order chi connectivity index (χ0) is 15.7. The van der Waals surface area contributed by atoms with Gasteiger partial charge in [-0.1, -0.05) is 13.3 Å². The third-order valence-electron chi connectivity index (χ3n) is 3.51. The molecule has 0 aromatic carbocycles. The van der Waals surface area contributed by atoms with Gasteiger partial charge in [-0.25, -0.2) is 4.79 Å². The number of unbranched alkanes of at least 4 members (excludes halogenated alkanes) is 1. The summed E-state index contributed by atoms with van der Waals surface area (Å²) in [5.74, 6) is -0.234. The molecule has 1 heterocycles. The summed E-state index contributed by atoms with van der Waals surface area (Å²) in [6.07, 6.45) is 4.54. The van der Waals surface area contributed by atoms with Gasteiger partial charge in [0.1, 0.15) is 0 Å². The fourth-order valence-electron chi connectivity index (χ4n) is 2.51. The molecule has 0 aromatic heterocycles. The molecule has 3 N–H and O–H groups in total. The average Bonchev–Trinajstić information content (AvgIpc) is 2.87. The van der Waals surface area contributed by atoms with E-state index in [2.05, 4.69) is 27.8 Å². The SMILES string of the molecule is CCCCN(CC(=O)NC(=O)NC(C)C)CC1CCCN1. The average molecular weight is 298 g/mol. The highest BCUT2D eigenvalue weighted by Gasteiger charge is 2.20. The number of amides is 3. The maximum atomic E-state index is 11.9. The molecule has 0 spiro atoms. The number of nitrogens with one attached hydrogen (secondary N) is 3. The summed E-state index contributed by atoms with van der Waals surface area (Å²) in [4.78, 5) is 25.6. The highest BCUT2D eigenvalue weighted by atomic mass is 16.2. The molecule has 1 unspecified atom stereocenters. The number of carbonyl (C=O) groups excluding carboxylic acids is 2. The Hall–Kier alpha value is -1.14. The number of urea groups is 1. The van der Waals surface area contributed by atoms with Crippen LogP contribution in [0.15, 0.2) is 0 Å². The van der Waals surface area contributed by atoms with Gasteiger partial charge in [-0.2, -0.15) is 0 Å². The van der Waals surface area contributed by atoms with Crippen molar-refractivity contribution < 1.29 is 9.59 Å². The van der Waals surface area contributed by atoms with Crippen molar-refractivity contribution in [3.05, 3.63) is 0 Å². The standard InChI is InChI=1S/C15H30N4O2/c1-4-5-9-19(10-13-7-6-8-16-13)11-14(20)18-15(21)17-12(2)3/h12-13,16H,4-11H2,1-3H3,(H2,17,18,20,21). The van der Waals surface area contributed by atoms with E-state index >= 15 is 0 Å². The van der Waals surface area contributed by atoms with Crippen molar-refractivity contribution in [1.29, 1.82) is 0 Å². The molecule has 0 radical (unpaired) electrons. The molecule has 1 saturated heterocycles. The van der Waals surface area contributed by atoms with Gasteiger partial charge in [0, 0.05) is 18.6 Å². The second-order valence-electron chi connectivity index (χ2n) is 6.06. The van der Waals surface area contributed by atoms with Gasteiger partial charge < -0.3 is 10.6 Å². The number of hydrogen-bond donors (Lipinski definition) is 3. The van der Waals surface area contributed by atoms with E-state index in [0.717, 1.165) is 38.9 Å². The zero-order valence-electron chi connectivity index (χ0n) is 13.6. The molecule has 0 bridgehead atoms. The second-order valence-corrected chi connectivity index (χ2v) is 6.06. The van der Waals surface area contributed by atoms with Gasteiger partial charge >= 0.3 is 6.03 Å². The highest BCUT2D eigenvalue weighted by molar-refractivity contribution is 5.95. The Kier molecular flexibility index (Phi) is 8.30. The number of rotatable bonds is 8. The zero-order valence-corrected chi connectivity index (χ0v) is 13.6. The molecule has 0 aliphatic carbocycles. The largest absolute Gasteiger partial charge is 0.336 e. The van der Waals surface area contributed by atoms with Crippen LogP contribution in [0.5, 0.6) is 0 Å². The van der Waals surface area contributed by atoms with Crippen LogP contribution in [-0.2, 0) is 4.79 Å². The van der Waals surface area contributed by atoms with Crippen molar-refractivity contribution in [3.63, 3.8) is 0 Å². The molecule has 6 nitrogen and oxygen atoms in total. The summed E-state index contributed by atoms with van der Waals surface area (Å²) >= 11 is 0. The first-order chi connectivity index (χ1) is 10.0.